The Kier molecular flexibility index (Phi) is 8.23. The van der Waals surface area contributed by atoms with Crippen LogP contribution in [0.5, 0.6) is 0 Å². The number of allylic oxidation sites excluding steroid dienone is 3. The first-order valence-corrected chi connectivity index (χ1v) is 11.3. The van der Waals surface area contributed by atoms with Crippen molar-refractivity contribution in [3.63, 3.8) is 0 Å². The van der Waals surface area contributed by atoms with Gasteiger partial charge in [-0.15, -0.1) is 11.3 Å². The van der Waals surface area contributed by atoms with Crippen LogP contribution in [0, 0.1) is 12.3 Å². The van der Waals surface area contributed by atoms with E-state index in [1.807, 2.05) is 0 Å². The third-order valence-electron chi connectivity index (χ3n) is 5.78. The molecule has 1 spiro atoms. The Bertz CT molecular complexity index is 665. The number of nitrogens with zero attached hydrogens (tertiary/aromatic N) is 2. The maximum Gasteiger partial charge on any atom is 0.0993 e. The Morgan fingerprint density at radius 2 is 2.18 bits per heavy atom. The molecule has 156 valence electrons. The largest absolute Gasteiger partial charge is 0.381 e. The van der Waals surface area contributed by atoms with Gasteiger partial charge in [0, 0.05) is 20.2 Å². The van der Waals surface area contributed by atoms with Crippen molar-refractivity contribution in [3.05, 3.63) is 33.8 Å². The molecule has 1 aromatic heterocycles. The number of methoxy groups -OCH3 is 1. The average molecular weight is 406 g/mol. The molecule has 3 rings (SSSR count). The van der Waals surface area contributed by atoms with Crippen LogP contribution in [0.25, 0.3) is 5.57 Å². The van der Waals surface area contributed by atoms with Gasteiger partial charge >= 0.3 is 0 Å². The molecule has 2 aliphatic heterocycles. The summed E-state index contributed by atoms with van der Waals surface area (Å²) in [5.74, 6) is 0. The number of thiazole rings is 1. The lowest BCUT2D eigenvalue weighted by atomic mass is 9.76. The molecule has 0 aromatic carbocycles. The van der Waals surface area contributed by atoms with Crippen LogP contribution in [0.3, 0.4) is 0 Å². The van der Waals surface area contributed by atoms with E-state index < -0.39 is 0 Å². The highest BCUT2D eigenvalue weighted by atomic mass is 32.1. The zero-order chi connectivity index (χ0) is 19.8. The number of piperidine rings is 1. The summed E-state index contributed by atoms with van der Waals surface area (Å²) in [5.41, 5.74) is 2.76. The highest BCUT2D eigenvalue weighted by Crippen LogP contribution is 2.36. The topological polar surface area (TPSA) is 46.6 Å². The minimum atomic E-state index is 0.404. The monoisotopic (exact) mass is 405 g/mol. The molecule has 28 heavy (non-hydrogen) atoms. The molecule has 2 fully saturated rings. The normalized spacial score (nSPS) is 21.9. The van der Waals surface area contributed by atoms with E-state index in [0.29, 0.717) is 18.8 Å². The molecule has 0 saturated carbocycles. The Morgan fingerprint density at radius 3 is 2.93 bits per heavy atom. The first-order valence-electron chi connectivity index (χ1n) is 10.4. The summed E-state index contributed by atoms with van der Waals surface area (Å²) < 4.78 is 11.5. The van der Waals surface area contributed by atoms with Crippen LogP contribution in [0.4, 0.5) is 0 Å². The van der Waals surface area contributed by atoms with Crippen molar-refractivity contribution >= 4 is 16.9 Å². The Morgan fingerprint density at radius 1 is 1.36 bits per heavy atom. The maximum atomic E-state index is 6.20. The fraction of sp³-hybridized carbons (Fsp3) is 0.682. The number of aryl methyl sites for hydroxylation is 1. The van der Waals surface area contributed by atoms with E-state index in [9.17, 15) is 0 Å². The summed E-state index contributed by atoms with van der Waals surface area (Å²) in [5, 5.41) is 4.60. The number of hydrogen-bond acceptors (Lipinski definition) is 6. The third-order valence-corrected chi connectivity index (χ3v) is 6.85. The molecule has 0 unspecified atom stereocenters. The van der Waals surface area contributed by atoms with Crippen LogP contribution in [0.2, 0.25) is 0 Å². The van der Waals surface area contributed by atoms with Gasteiger partial charge in [-0.05, 0) is 63.6 Å². The smallest absolute Gasteiger partial charge is 0.0993 e. The second-order valence-electron chi connectivity index (χ2n) is 8.01. The zero-order valence-electron chi connectivity index (χ0n) is 17.6. The van der Waals surface area contributed by atoms with Crippen LogP contribution in [0.15, 0.2) is 18.2 Å². The van der Waals surface area contributed by atoms with Crippen LogP contribution in [-0.4, -0.2) is 56.6 Å². The van der Waals surface area contributed by atoms with Gasteiger partial charge in [-0.2, -0.15) is 0 Å². The van der Waals surface area contributed by atoms with Crippen molar-refractivity contribution in [1.82, 2.24) is 15.2 Å². The SMILES string of the molecule is C/C=C\C(=C/COC)c1sc(C)nc1CN1CCCC2(CCNCC2)COC1. The first kappa shape index (κ1) is 21.7. The number of aromatic nitrogens is 1. The van der Waals surface area contributed by atoms with E-state index in [4.69, 9.17) is 14.5 Å². The van der Waals surface area contributed by atoms with Crippen molar-refractivity contribution < 1.29 is 9.47 Å². The van der Waals surface area contributed by atoms with Crippen molar-refractivity contribution in [3.8, 4) is 0 Å². The molecule has 2 saturated heterocycles. The number of rotatable bonds is 6. The van der Waals surface area contributed by atoms with E-state index >= 15 is 0 Å². The van der Waals surface area contributed by atoms with Gasteiger partial charge in [0.1, 0.15) is 0 Å². The second-order valence-corrected chi connectivity index (χ2v) is 9.21. The van der Waals surface area contributed by atoms with Crippen LogP contribution in [-0.2, 0) is 16.0 Å². The van der Waals surface area contributed by atoms with Gasteiger partial charge in [0.05, 0.1) is 35.5 Å². The molecule has 0 bridgehead atoms. The number of ether oxygens (including phenoxy) is 2. The van der Waals surface area contributed by atoms with E-state index in [1.165, 1.54) is 36.1 Å². The molecule has 0 atom stereocenters. The van der Waals surface area contributed by atoms with Crippen molar-refractivity contribution in [1.29, 1.82) is 0 Å². The maximum absolute atomic E-state index is 6.20. The molecule has 0 radical (unpaired) electrons. The van der Waals surface area contributed by atoms with Gasteiger partial charge < -0.3 is 14.8 Å². The quantitative estimate of drug-likeness (QED) is 0.725. The summed E-state index contributed by atoms with van der Waals surface area (Å²) in [7, 11) is 1.73. The third kappa shape index (κ3) is 5.74. The summed E-state index contributed by atoms with van der Waals surface area (Å²) in [6.45, 7) is 10.5. The summed E-state index contributed by atoms with van der Waals surface area (Å²) in [6.07, 6.45) is 11.4. The molecule has 2 aliphatic rings. The number of nitrogens with one attached hydrogen (secondary N) is 1. The standard InChI is InChI=1S/C22H35N3O2S/c1-4-6-19(7-14-26-3)21-20(24-18(2)28-21)15-25-13-5-8-22(16-27-17-25)9-11-23-12-10-22/h4,6-7,23H,5,8-17H2,1-3H3/b6-4-,19-7+. The molecular formula is C22H35N3O2S. The van der Waals surface area contributed by atoms with Gasteiger partial charge in [0.2, 0.25) is 0 Å². The van der Waals surface area contributed by atoms with Gasteiger partial charge in [-0.3, -0.25) is 4.90 Å². The first-order chi connectivity index (χ1) is 13.7. The lowest BCUT2D eigenvalue weighted by Gasteiger charge is -2.40. The van der Waals surface area contributed by atoms with E-state index in [2.05, 4.69) is 42.3 Å². The van der Waals surface area contributed by atoms with Crippen molar-refractivity contribution in [2.75, 3.05) is 46.7 Å². The number of hydrogen-bond donors (Lipinski definition) is 1. The molecule has 1 N–H and O–H groups in total. The lowest BCUT2D eigenvalue weighted by Crippen LogP contribution is -2.43. The molecule has 0 amide bonds. The lowest BCUT2D eigenvalue weighted by molar-refractivity contribution is -0.0547. The fourth-order valence-corrected chi connectivity index (χ4v) is 5.23. The second kappa shape index (κ2) is 10.6. The van der Waals surface area contributed by atoms with Gasteiger partial charge in [-0.25, -0.2) is 4.98 Å². The molecule has 0 aliphatic carbocycles. The molecule has 1 aromatic rings. The zero-order valence-corrected chi connectivity index (χ0v) is 18.4. The predicted octanol–water partition coefficient (Wildman–Crippen LogP) is 4.00. The Balaban J connectivity index is 1.67. The Labute approximate surface area is 173 Å². The van der Waals surface area contributed by atoms with Crippen molar-refractivity contribution in [2.45, 2.75) is 46.1 Å². The minimum absolute atomic E-state index is 0.404. The van der Waals surface area contributed by atoms with Gasteiger partial charge in [0.15, 0.2) is 0 Å². The average Bonchev–Trinajstić information content (AvgIpc) is 3.04. The fourth-order valence-electron chi connectivity index (χ4n) is 4.29. The molecular weight excluding hydrogens is 370 g/mol. The minimum Gasteiger partial charge on any atom is -0.381 e. The highest BCUT2D eigenvalue weighted by molar-refractivity contribution is 7.12. The van der Waals surface area contributed by atoms with Crippen molar-refractivity contribution in [2.24, 2.45) is 5.41 Å². The van der Waals surface area contributed by atoms with Crippen LogP contribution in [0.1, 0.15) is 48.2 Å². The summed E-state index contributed by atoms with van der Waals surface area (Å²) in [6, 6.07) is 0. The molecule has 6 heteroatoms. The van der Waals surface area contributed by atoms with Crippen LogP contribution < -0.4 is 5.32 Å². The predicted molar refractivity (Wildman–Crippen MR) is 117 cm³/mol. The summed E-state index contributed by atoms with van der Waals surface area (Å²) >= 11 is 1.77. The molecule has 3 heterocycles. The van der Waals surface area contributed by atoms with E-state index in [0.717, 1.165) is 43.5 Å². The van der Waals surface area contributed by atoms with Gasteiger partial charge in [0.25, 0.3) is 0 Å². The van der Waals surface area contributed by atoms with Crippen LogP contribution >= 0.6 is 11.3 Å². The summed E-state index contributed by atoms with van der Waals surface area (Å²) in [4.78, 5) is 8.52. The Hall–Kier alpha value is -1.05. The van der Waals surface area contributed by atoms with Gasteiger partial charge in [-0.1, -0.05) is 18.2 Å². The van der Waals surface area contributed by atoms with E-state index in [1.54, 1.807) is 18.4 Å². The highest BCUT2D eigenvalue weighted by Gasteiger charge is 2.33. The van der Waals surface area contributed by atoms with E-state index in [-0.39, 0.29) is 0 Å². The molecule has 5 nitrogen and oxygen atoms in total.